The second kappa shape index (κ2) is 5.55. The number of pyridine rings is 1. The molecule has 0 unspecified atom stereocenters. The minimum Gasteiger partial charge on any atom is -0.478 e. The van der Waals surface area contributed by atoms with Crippen molar-refractivity contribution < 1.29 is 17.9 Å². The zero-order chi connectivity index (χ0) is 12.0. The van der Waals surface area contributed by atoms with Crippen LogP contribution in [0.3, 0.4) is 0 Å². The van der Waals surface area contributed by atoms with Gasteiger partial charge in [-0.2, -0.15) is 18.2 Å². The molecule has 0 radical (unpaired) electrons. The number of anilines is 1. The van der Waals surface area contributed by atoms with Gasteiger partial charge in [-0.3, -0.25) is 0 Å². The first-order valence-electron chi connectivity index (χ1n) is 4.64. The van der Waals surface area contributed by atoms with Crippen molar-refractivity contribution in [3.8, 4) is 5.88 Å². The number of aromatic nitrogens is 1. The van der Waals surface area contributed by atoms with E-state index in [1.165, 1.54) is 0 Å². The quantitative estimate of drug-likeness (QED) is 0.466. The standard InChI is InChI=1S/C9H12F3N3O/c10-9(11,12)5-2-6-16-8-4-1-3-7(14-8)15-13/h1,3-4H,2,5-6,13H2,(H,14,15). The number of nitrogens with two attached hydrogens (primary N) is 1. The number of nitrogens with zero attached hydrogens (tertiary/aromatic N) is 1. The van der Waals surface area contributed by atoms with Crippen LogP contribution in [0.4, 0.5) is 19.0 Å². The summed E-state index contributed by atoms with van der Waals surface area (Å²) in [4.78, 5) is 3.89. The maximum Gasteiger partial charge on any atom is 0.389 e. The summed E-state index contributed by atoms with van der Waals surface area (Å²) in [5, 5.41) is 0. The molecule has 90 valence electrons. The number of ether oxygens (including phenoxy) is 1. The van der Waals surface area contributed by atoms with Gasteiger partial charge in [-0.05, 0) is 12.5 Å². The van der Waals surface area contributed by atoms with Crippen LogP contribution < -0.4 is 16.0 Å². The Morgan fingerprint density at radius 3 is 2.75 bits per heavy atom. The molecule has 3 N–H and O–H groups in total. The average Bonchev–Trinajstić information content (AvgIpc) is 2.23. The van der Waals surface area contributed by atoms with Crippen molar-refractivity contribution in [2.75, 3.05) is 12.0 Å². The van der Waals surface area contributed by atoms with E-state index < -0.39 is 12.6 Å². The third-order valence-electron chi connectivity index (χ3n) is 1.73. The number of nitrogens with one attached hydrogen (secondary N) is 1. The van der Waals surface area contributed by atoms with Gasteiger partial charge < -0.3 is 10.2 Å². The van der Waals surface area contributed by atoms with E-state index in [1.54, 1.807) is 18.2 Å². The van der Waals surface area contributed by atoms with Crippen molar-refractivity contribution in [3.05, 3.63) is 18.2 Å². The van der Waals surface area contributed by atoms with E-state index in [0.717, 1.165) is 0 Å². The molecule has 0 atom stereocenters. The summed E-state index contributed by atoms with van der Waals surface area (Å²) in [7, 11) is 0. The Balaban J connectivity index is 2.32. The van der Waals surface area contributed by atoms with Crippen LogP contribution in [-0.2, 0) is 0 Å². The number of hydrazine groups is 1. The van der Waals surface area contributed by atoms with E-state index in [0.29, 0.717) is 5.82 Å². The summed E-state index contributed by atoms with van der Waals surface area (Å²) < 4.78 is 40.4. The van der Waals surface area contributed by atoms with Gasteiger partial charge in [0.1, 0.15) is 5.82 Å². The summed E-state index contributed by atoms with van der Waals surface area (Å²) in [6.07, 6.45) is -5.09. The summed E-state index contributed by atoms with van der Waals surface area (Å²) in [6.45, 7) is -0.0272. The minimum absolute atomic E-state index is 0.0272. The molecular formula is C9H12F3N3O. The molecular weight excluding hydrogens is 223 g/mol. The number of alkyl halides is 3. The Morgan fingerprint density at radius 2 is 2.12 bits per heavy atom. The summed E-state index contributed by atoms with van der Waals surface area (Å²) in [5.74, 6) is 5.76. The van der Waals surface area contributed by atoms with Crippen molar-refractivity contribution in [2.24, 2.45) is 5.84 Å². The Bertz CT molecular complexity index is 330. The summed E-state index contributed by atoms with van der Waals surface area (Å²) >= 11 is 0. The van der Waals surface area contributed by atoms with Crippen molar-refractivity contribution in [1.82, 2.24) is 4.98 Å². The molecule has 0 aromatic carbocycles. The van der Waals surface area contributed by atoms with Crippen LogP contribution in [0.2, 0.25) is 0 Å². The Kier molecular flexibility index (Phi) is 4.36. The molecule has 0 bridgehead atoms. The zero-order valence-corrected chi connectivity index (χ0v) is 8.42. The monoisotopic (exact) mass is 235 g/mol. The lowest BCUT2D eigenvalue weighted by Gasteiger charge is -2.08. The highest BCUT2D eigenvalue weighted by atomic mass is 19.4. The fraction of sp³-hybridized carbons (Fsp3) is 0.444. The number of halogens is 3. The fourth-order valence-electron chi connectivity index (χ4n) is 1.02. The molecule has 0 fully saturated rings. The van der Waals surface area contributed by atoms with E-state index in [9.17, 15) is 13.2 Å². The molecule has 0 spiro atoms. The molecule has 0 saturated heterocycles. The molecule has 0 aliphatic carbocycles. The van der Waals surface area contributed by atoms with Crippen LogP contribution in [0.15, 0.2) is 18.2 Å². The van der Waals surface area contributed by atoms with E-state index in [1.807, 2.05) is 0 Å². The van der Waals surface area contributed by atoms with Gasteiger partial charge in [0.25, 0.3) is 0 Å². The summed E-state index contributed by atoms with van der Waals surface area (Å²) in [6, 6.07) is 4.80. The number of hydrogen-bond donors (Lipinski definition) is 2. The highest BCUT2D eigenvalue weighted by molar-refractivity contribution is 5.35. The number of rotatable bonds is 5. The zero-order valence-electron chi connectivity index (χ0n) is 8.42. The van der Waals surface area contributed by atoms with Gasteiger partial charge in [0.15, 0.2) is 0 Å². The normalized spacial score (nSPS) is 11.2. The van der Waals surface area contributed by atoms with Gasteiger partial charge in [-0.15, -0.1) is 0 Å². The first-order chi connectivity index (χ1) is 7.51. The highest BCUT2D eigenvalue weighted by Crippen LogP contribution is 2.21. The predicted molar refractivity (Wildman–Crippen MR) is 52.8 cm³/mol. The maximum atomic E-state index is 11.8. The van der Waals surface area contributed by atoms with Gasteiger partial charge >= 0.3 is 6.18 Å². The second-order valence-corrected chi connectivity index (χ2v) is 3.07. The molecule has 4 nitrogen and oxygen atoms in total. The molecule has 1 rings (SSSR count). The molecule has 0 amide bonds. The van der Waals surface area contributed by atoms with Gasteiger partial charge in [-0.25, -0.2) is 5.84 Å². The molecule has 0 aliphatic heterocycles. The lowest BCUT2D eigenvalue weighted by molar-refractivity contribution is -0.136. The molecule has 1 aromatic heterocycles. The second-order valence-electron chi connectivity index (χ2n) is 3.07. The van der Waals surface area contributed by atoms with Crippen molar-refractivity contribution in [1.29, 1.82) is 0 Å². The molecule has 16 heavy (non-hydrogen) atoms. The van der Waals surface area contributed by atoms with E-state index in [2.05, 4.69) is 10.4 Å². The van der Waals surface area contributed by atoms with Crippen LogP contribution in [0.5, 0.6) is 5.88 Å². The SMILES string of the molecule is NNc1cccc(OCCCC(F)(F)F)n1. The largest absolute Gasteiger partial charge is 0.478 e. The molecule has 1 heterocycles. The Morgan fingerprint density at radius 1 is 1.38 bits per heavy atom. The van der Waals surface area contributed by atoms with Crippen LogP contribution in [0.1, 0.15) is 12.8 Å². The van der Waals surface area contributed by atoms with Crippen LogP contribution in [0.25, 0.3) is 0 Å². The average molecular weight is 235 g/mol. The Hall–Kier alpha value is -1.50. The van der Waals surface area contributed by atoms with Gasteiger partial charge in [0.2, 0.25) is 5.88 Å². The molecule has 7 heteroatoms. The van der Waals surface area contributed by atoms with Gasteiger partial charge in [0, 0.05) is 12.5 Å². The maximum absolute atomic E-state index is 11.8. The van der Waals surface area contributed by atoms with Crippen molar-refractivity contribution in [3.63, 3.8) is 0 Å². The lowest BCUT2D eigenvalue weighted by Crippen LogP contribution is -2.11. The number of hydrogen-bond acceptors (Lipinski definition) is 4. The van der Waals surface area contributed by atoms with Crippen LogP contribution in [-0.4, -0.2) is 17.8 Å². The molecule has 0 saturated carbocycles. The van der Waals surface area contributed by atoms with E-state index >= 15 is 0 Å². The Labute approximate surface area is 90.6 Å². The third kappa shape index (κ3) is 4.83. The van der Waals surface area contributed by atoms with Gasteiger partial charge in [0.05, 0.1) is 6.61 Å². The lowest BCUT2D eigenvalue weighted by atomic mass is 10.3. The molecule has 0 aliphatic rings. The topological polar surface area (TPSA) is 60.2 Å². The third-order valence-corrected chi connectivity index (χ3v) is 1.73. The first-order valence-corrected chi connectivity index (χ1v) is 4.64. The minimum atomic E-state index is -4.14. The van der Waals surface area contributed by atoms with E-state index in [4.69, 9.17) is 10.6 Å². The predicted octanol–water partition coefficient (Wildman–Crippen LogP) is 2.09. The molecule has 1 aromatic rings. The van der Waals surface area contributed by atoms with Crippen LogP contribution in [0, 0.1) is 0 Å². The van der Waals surface area contributed by atoms with Crippen LogP contribution >= 0.6 is 0 Å². The van der Waals surface area contributed by atoms with Crippen molar-refractivity contribution >= 4 is 5.82 Å². The summed E-state index contributed by atoms with van der Waals surface area (Å²) in [5.41, 5.74) is 2.31. The van der Waals surface area contributed by atoms with E-state index in [-0.39, 0.29) is 18.9 Å². The smallest absolute Gasteiger partial charge is 0.389 e. The first kappa shape index (κ1) is 12.6. The van der Waals surface area contributed by atoms with Gasteiger partial charge in [-0.1, -0.05) is 6.07 Å². The highest BCUT2D eigenvalue weighted by Gasteiger charge is 2.26. The van der Waals surface area contributed by atoms with Crippen molar-refractivity contribution in [2.45, 2.75) is 19.0 Å². The fourth-order valence-corrected chi connectivity index (χ4v) is 1.02. The number of nitrogen functional groups attached to an aromatic ring is 1.